The molecule has 0 radical (unpaired) electrons. The average molecular weight is 262 g/mol. The molecule has 78 valence electrons. The number of carbonyl (C=O) groups excluding carboxylic acids is 1. The van der Waals surface area contributed by atoms with Gasteiger partial charge in [-0.2, -0.15) is 13.2 Å². The lowest BCUT2D eigenvalue weighted by Gasteiger charge is -2.16. The highest BCUT2D eigenvalue weighted by Crippen LogP contribution is 2.21. The zero-order valence-corrected chi connectivity index (χ0v) is 8.87. The fourth-order valence-electron chi connectivity index (χ4n) is 0.756. The maximum atomic E-state index is 11.8. The highest BCUT2D eigenvalue weighted by Gasteiger charge is 2.30. The standard InChI is InChI=1S/C7H11BrF3NO/c1-4(3-7(9,10)11)12-6(13)5(2)8/h4-5H,3H2,1-2H3,(H,12,13). The number of rotatable bonds is 3. The summed E-state index contributed by atoms with van der Waals surface area (Å²) >= 11 is 2.95. The molecule has 0 bridgehead atoms. The van der Waals surface area contributed by atoms with Gasteiger partial charge in [0, 0.05) is 6.04 Å². The quantitative estimate of drug-likeness (QED) is 0.776. The molecule has 0 aromatic rings. The van der Waals surface area contributed by atoms with Gasteiger partial charge in [-0.3, -0.25) is 4.79 Å². The molecule has 1 amide bonds. The lowest BCUT2D eigenvalue weighted by atomic mass is 10.2. The fourth-order valence-corrected chi connectivity index (χ4v) is 0.888. The zero-order chi connectivity index (χ0) is 10.6. The summed E-state index contributed by atoms with van der Waals surface area (Å²) in [6.07, 6.45) is -5.24. The molecule has 1 N–H and O–H groups in total. The van der Waals surface area contributed by atoms with Crippen molar-refractivity contribution >= 4 is 21.8 Å². The molecule has 0 aliphatic carbocycles. The van der Waals surface area contributed by atoms with E-state index in [1.54, 1.807) is 6.92 Å². The van der Waals surface area contributed by atoms with Crippen LogP contribution in [-0.4, -0.2) is 23.0 Å². The summed E-state index contributed by atoms with van der Waals surface area (Å²) in [6.45, 7) is 2.87. The molecule has 2 unspecified atom stereocenters. The summed E-state index contributed by atoms with van der Waals surface area (Å²) in [5, 5.41) is 2.23. The molecule has 2 atom stereocenters. The molecule has 0 spiro atoms. The molecule has 0 aliphatic heterocycles. The second-order valence-corrected chi connectivity index (χ2v) is 4.22. The van der Waals surface area contributed by atoms with Crippen molar-refractivity contribution in [1.29, 1.82) is 0 Å². The van der Waals surface area contributed by atoms with E-state index >= 15 is 0 Å². The lowest BCUT2D eigenvalue weighted by Crippen LogP contribution is -2.39. The number of hydrogen-bond acceptors (Lipinski definition) is 1. The SMILES string of the molecule is CC(CC(F)(F)F)NC(=O)C(C)Br. The summed E-state index contributed by atoms with van der Waals surface area (Å²) in [5.74, 6) is -0.434. The van der Waals surface area contributed by atoms with Gasteiger partial charge in [0.15, 0.2) is 0 Å². The molecule has 13 heavy (non-hydrogen) atoms. The third kappa shape index (κ3) is 6.86. The van der Waals surface area contributed by atoms with Crippen molar-refractivity contribution in [1.82, 2.24) is 5.32 Å². The second-order valence-electron chi connectivity index (χ2n) is 2.84. The molecule has 0 aromatic carbocycles. The largest absolute Gasteiger partial charge is 0.391 e. The Morgan fingerprint density at radius 2 is 1.92 bits per heavy atom. The van der Waals surface area contributed by atoms with Crippen molar-refractivity contribution in [3.05, 3.63) is 0 Å². The predicted octanol–water partition coefficient (Wildman–Crippen LogP) is 2.23. The molecular formula is C7H11BrF3NO. The minimum Gasteiger partial charge on any atom is -0.352 e. The Labute approximate surface area is 83.0 Å². The van der Waals surface area contributed by atoms with E-state index < -0.39 is 29.4 Å². The van der Waals surface area contributed by atoms with Crippen LogP contribution < -0.4 is 5.32 Å². The normalized spacial score (nSPS) is 16.5. The summed E-state index contributed by atoms with van der Waals surface area (Å²) in [6, 6.07) is -0.882. The Morgan fingerprint density at radius 3 is 2.23 bits per heavy atom. The van der Waals surface area contributed by atoms with Gasteiger partial charge < -0.3 is 5.32 Å². The number of nitrogens with one attached hydrogen (secondary N) is 1. The number of amides is 1. The molecule has 2 nitrogen and oxygen atoms in total. The number of alkyl halides is 4. The third-order valence-electron chi connectivity index (χ3n) is 1.29. The summed E-state index contributed by atoms with van der Waals surface area (Å²) in [5.41, 5.74) is 0. The third-order valence-corrected chi connectivity index (χ3v) is 1.70. The number of hydrogen-bond donors (Lipinski definition) is 1. The minimum absolute atomic E-state index is 0.434. The maximum absolute atomic E-state index is 11.8. The molecule has 6 heteroatoms. The van der Waals surface area contributed by atoms with E-state index in [4.69, 9.17) is 0 Å². The second kappa shape index (κ2) is 4.83. The first-order chi connectivity index (χ1) is 5.72. The van der Waals surface area contributed by atoms with Crippen LogP contribution in [0.25, 0.3) is 0 Å². The van der Waals surface area contributed by atoms with Crippen molar-refractivity contribution < 1.29 is 18.0 Å². The van der Waals surface area contributed by atoms with Gasteiger partial charge in [-0.15, -0.1) is 0 Å². The van der Waals surface area contributed by atoms with Crippen molar-refractivity contribution in [3.63, 3.8) is 0 Å². The average Bonchev–Trinajstić information content (AvgIpc) is 1.81. The van der Waals surface area contributed by atoms with E-state index in [0.29, 0.717) is 0 Å². The van der Waals surface area contributed by atoms with E-state index in [2.05, 4.69) is 21.2 Å². The van der Waals surface area contributed by atoms with Crippen LogP contribution in [0.4, 0.5) is 13.2 Å². The zero-order valence-electron chi connectivity index (χ0n) is 7.28. The van der Waals surface area contributed by atoms with E-state index in [-0.39, 0.29) is 0 Å². The smallest absolute Gasteiger partial charge is 0.352 e. The first kappa shape index (κ1) is 12.7. The van der Waals surface area contributed by atoms with Crippen molar-refractivity contribution in [2.45, 2.75) is 37.3 Å². The summed E-state index contributed by atoms with van der Waals surface area (Å²) in [4.78, 5) is 10.4. The topological polar surface area (TPSA) is 29.1 Å². The van der Waals surface area contributed by atoms with Gasteiger partial charge in [0.05, 0.1) is 11.2 Å². The van der Waals surface area contributed by atoms with Crippen molar-refractivity contribution in [2.24, 2.45) is 0 Å². The fraction of sp³-hybridized carbons (Fsp3) is 0.857. The molecule has 0 fully saturated rings. The van der Waals surface area contributed by atoms with Gasteiger partial charge in [-0.1, -0.05) is 15.9 Å². The molecule has 0 saturated heterocycles. The summed E-state index contributed by atoms with van der Waals surface area (Å²) < 4.78 is 35.4. The van der Waals surface area contributed by atoms with Crippen LogP contribution in [0.1, 0.15) is 20.3 Å². The van der Waals surface area contributed by atoms with Crippen LogP contribution in [0, 0.1) is 0 Å². The van der Waals surface area contributed by atoms with E-state index in [9.17, 15) is 18.0 Å². The lowest BCUT2D eigenvalue weighted by molar-refractivity contribution is -0.141. The molecule has 0 rings (SSSR count). The van der Waals surface area contributed by atoms with Crippen molar-refractivity contribution in [2.75, 3.05) is 0 Å². The molecule has 0 saturated carbocycles. The molecule has 0 aromatic heterocycles. The Hall–Kier alpha value is -0.260. The van der Waals surface area contributed by atoms with Gasteiger partial charge in [0.2, 0.25) is 5.91 Å². The van der Waals surface area contributed by atoms with E-state index in [0.717, 1.165) is 0 Å². The Kier molecular flexibility index (Phi) is 4.74. The molecular weight excluding hydrogens is 251 g/mol. The Balaban J connectivity index is 3.88. The number of halogens is 4. The van der Waals surface area contributed by atoms with Crippen molar-refractivity contribution in [3.8, 4) is 0 Å². The van der Waals surface area contributed by atoms with Crippen LogP contribution in [-0.2, 0) is 4.79 Å². The summed E-state index contributed by atoms with van der Waals surface area (Å²) in [7, 11) is 0. The monoisotopic (exact) mass is 261 g/mol. The predicted molar refractivity (Wildman–Crippen MR) is 46.7 cm³/mol. The molecule has 0 heterocycles. The van der Waals surface area contributed by atoms with Gasteiger partial charge >= 0.3 is 6.18 Å². The van der Waals surface area contributed by atoms with E-state index in [1.807, 2.05) is 0 Å². The van der Waals surface area contributed by atoms with Crippen LogP contribution in [0.3, 0.4) is 0 Å². The van der Waals surface area contributed by atoms with Gasteiger partial charge in [0.1, 0.15) is 0 Å². The first-order valence-electron chi connectivity index (χ1n) is 3.73. The molecule has 0 aliphatic rings. The highest BCUT2D eigenvalue weighted by atomic mass is 79.9. The van der Waals surface area contributed by atoms with E-state index in [1.165, 1.54) is 6.92 Å². The Bertz CT molecular complexity index is 181. The first-order valence-corrected chi connectivity index (χ1v) is 4.65. The minimum atomic E-state index is -4.23. The van der Waals surface area contributed by atoms with Crippen LogP contribution in [0.15, 0.2) is 0 Å². The Morgan fingerprint density at radius 1 is 1.46 bits per heavy atom. The van der Waals surface area contributed by atoms with Crippen LogP contribution >= 0.6 is 15.9 Å². The highest BCUT2D eigenvalue weighted by molar-refractivity contribution is 9.10. The van der Waals surface area contributed by atoms with Crippen LogP contribution in [0.2, 0.25) is 0 Å². The number of carbonyl (C=O) groups is 1. The van der Waals surface area contributed by atoms with Crippen LogP contribution in [0.5, 0.6) is 0 Å². The van der Waals surface area contributed by atoms with Gasteiger partial charge in [0.25, 0.3) is 0 Å². The van der Waals surface area contributed by atoms with Gasteiger partial charge in [-0.25, -0.2) is 0 Å². The van der Waals surface area contributed by atoms with Gasteiger partial charge in [-0.05, 0) is 13.8 Å². The maximum Gasteiger partial charge on any atom is 0.391 e.